The molecule has 3 heteroatoms. The summed E-state index contributed by atoms with van der Waals surface area (Å²) in [5.41, 5.74) is 5.40. The molecule has 3 nitrogen and oxygen atoms in total. The Hall–Kier alpha value is -2.26. The first-order chi connectivity index (χ1) is 12.8. The van der Waals surface area contributed by atoms with E-state index in [2.05, 4.69) is 48.3 Å². The number of benzene rings is 1. The van der Waals surface area contributed by atoms with Crippen molar-refractivity contribution in [2.45, 2.75) is 31.6 Å². The van der Waals surface area contributed by atoms with Gasteiger partial charge in [-0.2, -0.15) is 0 Å². The van der Waals surface area contributed by atoms with Crippen molar-refractivity contribution in [3.63, 3.8) is 0 Å². The fourth-order valence-electron chi connectivity index (χ4n) is 4.33. The first kappa shape index (κ1) is 17.2. The summed E-state index contributed by atoms with van der Waals surface area (Å²) < 4.78 is 11.4. The van der Waals surface area contributed by atoms with Gasteiger partial charge in [0.15, 0.2) is 0 Å². The zero-order chi connectivity index (χ0) is 17.9. The predicted molar refractivity (Wildman–Crippen MR) is 105 cm³/mol. The number of hydrogen-bond acceptors (Lipinski definition) is 3. The summed E-state index contributed by atoms with van der Waals surface area (Å²) in [6.45, 7) is 2.08. The number of rotatable bonds is 6. The molecule has 1 heterocycles. The van der Waals surface area contributed by atoms with Crippen LogP contribution in [0.15, 0.2) is 53.1 Å². The molecule has 0 aromatic heterocycles. The second-order valence-corrected chi connectivity index (χ2v) is 7.37. The van der Waals surface area contributed by atoms with Gasteiger partial charge >= 0.3 is 0 Å². The molecule has 2 aliphatic carbocycles. The summed E-state index contributed by atoms with van der Waals surface area (Å²) >= 11 is 0. The molecule has 0 N–H and O–H groups in total. The van der Waals surface area contributed by atoms with Crippen molar-refractivity contribution < 1.29 is 9.15 Å². The molecule has 0 radical (unpaired) electrons. The molecule has 1 atom stereocenters. The smallest absolute Gasteiger partial charge is 0.122 e. The van der Waals surface area contributed by atoms with E-state index in [4.69, 9.17) is 9.15 Å². The Morgan fingerprint density at radius 1 is 1.15 bits per heavy atom. The van der Waals surface area contributed by atoms with E-state index in [0.29, 0.717) is 5.92 Å². The molecule has 0 unspecified atom stereocenters. The maximum absolute atomic E-state index is 5.78. The average Bonchev–Trinajstić information content (AvgIpc) is 3.15. The minimum Gasteiger partial charge on any atom is -0.496 e. The molecule has 3 aliphatic rings. The summed E-state index contributed by atoms with van der Waals surface area (Å²) in [6, 6.07) is 14.9. The topological polar surface area (TPSA) is 25.6 Å². The van der Waals surface area contributed by atoms with Crippen LogP contribution in [0.3, 0.4) is 0 Å². The fraction of sp³-hybridized carbons (Fsp3) is 0.391. The molecule has 0 spiro atoms. The Morgan fingerprint density at radius 3 is 2.92 bits per heavy atom. The van der Waals surface area contributed by atoms with Gasteiger partial charge in [-0.1, -0.05) is 30.3 Å². The van der Waals surface area contributed by atoms with E-state index < -0.39 is 0 Å². The molecule has 4 rings (SSSR count). The molecule has 1 aromatic carbocycles. The van der Waals surface area contributed by atoms with E-state index >= 15 is 0 Å². The minimum atomic E-state index is 0.588. The van der Waals surface area contributed by atoms with Crippen LogP contribution in [0.5, 0.6) is 5.75 Å². The lowest BCUT2D eigenvalue weighted by Gasteiger charge is -2.30. The van der Waals surface area contributed by atoms with Crippen molar-refractivity contribution in [1.82, 2.24) is 4.90 Å². The lowest BCUT2D eigenvalue weighted by molar-refractivity contribution is 0.291. The third kappa shape index (κ3) is 3.36. The largest absolute Gasteiger partial charge is 0.496 e. The number of ether oxygens (including phenoxy) is 1. The van der Waals surface area contributed by atoms with Crippen molar-refractivity contribution >= 4 is 0 Å². The molecule has 0 saturated carbocycles. The zero-order valence-electron chi connectivity index (χ0n) is 15.7. The van der Waals surface area contributed by atoms with Crippen LogP contribution in [-0.2, 0) is 12.8 Å². The second-order valence-electron chi connectivity index (χ2n) is 7.37. The Bertz CT molecular complexity index is 838. The van der Waals surface area contributed by atoms with Crippen LogP contribution < -0.4 is 4.74 Å². The number of likely N-dealkylation sites (N-methyl/N-ethyl adjacent to an activating group) is 1. The summed E-state index contributed by atoms with van der Waals surface area (Å²) in [5, 5.41) is 0. The van der Waals surface area contributed by atoms with Crippen molar-refractivity contribution in [2.75, 3.05) is 27.2 Å². The normalized spacial score (nSPS) is 16.8. The molecule has 26 heavy (non-hydrogen) atoms. The Labute approximate surface area is 155 Å². The third-order valence-electron chi connectivity index (χ3n) is 5.67. The SMILES string of the molecule is COc1cccc2c1CCC[C@H]2CN(C)CCc1occc2cccc1-2. The molecule has 136 valence electrons. The van der Waals surface area contributed by atoms with Crippen LogP contribution in [-0.4, -0.2) is 32.1 Å². The first-order valence-corrected chi connectivity index (χ1v) is 9.55. The molecule has 1 aliphatic heterocycles. The van der Waals surface area contributed by atoms with Gasteiger partial charge in [0, 0.05) is 25.1 Å². The molecule has 0 bridgehead atoms. The number of hydrogen-bond donors (Lipinski definition) is 0. The van der Waals surface area contributed by atoms with Gasteiger partial charge in [-0.15, -0.1) is 0 Å². The molecular weight excluding hydrogens is 322 g/mol. The van der Waals surface area contributed by atoms with Gasteiger partial charge in [0.2, 0.25) is 0 Å². The predicted octanol–water partition coefficient (Wildman–Crippen LogP) is 4.99. The summed E-state index contributed by atoms with van der Waals surface area (Å²) in [7, 11) is 4.00. The first-order valence-electron chi connectivity index (χ1n) is 9.55. The standard InChI is InChI=1S/C23H27NO2/c1-24(14-12-23-20-9-3-6-17(20)13-15-26-23)16-18-7-4-10-21-19(18)8-5-11-22(21)25-2/h3,5-6,8-9,11,13,15,18H,4,7,10,12,14,16H2,1-2H3/t18-/m0/s1. The van der Waals surface area contributed by atoms with E-state index in [1.807, 2.05) is 6.07 Å². The molecule has 0 fully saturated rings. The number of nitrogens with zero attached hydrogens (tertiary/aromatic N) is 1. The zero-order valence-corrected chi connectivity index (χ0v) is 15.7. The van der Waals surface area contributed by atoms with Gasteiger partial charge in [-0.05, 0) is 61.1 Å². The van der Waals surface area contributed by atoms with Crippen LogP contribution in [0.4, 0.5) is 0 Å². The Morgan fingerprint density at radius 2 is 2.04 bits per heavy atom. The maximum Gasteiger partial charge on any atom is 0.122 e. The number of methoxy groups -OCH3 is 1. The lowest BCUT2D eigenvalue weighted by atomic mass is 9.82. The van der Waals surface area contributed by atoms with Gasteiger partial charge in [0.1, 0.15) is 11.5 Å². The fourth-order valence-corrected chi connectivity index (χ4v) is 4.33. The van der Waals surface area contributed by atoms with E-state index in [0.717, 1.165) is 37.4 Å². The molecular formula is C23H27NO2. The van der Waals surface area contributed by atoms with Gasteiger partial charge in [0.05, 0.1) is 13.4 Å². The highest BCUT2D eigenvalue weighted by atomic mass is 16.5. The van der Waals surface area contributed by atoms with Gasteiger partial charge in [-0.3, -0.25) is 0 Å². The highest BCUT2D eigenvalue weighted by Gasteiger charge is 2.24. The van der Waals surface area contributed by atoms with Crippen LogP contribution in [0.2, 0.25) is 0 Å². The van der Waals surface area contributed by atoms with E-state index in [1.165, 1.54) is 35.1 Å². The molecule has 0 saturated heterocycles. The van der Waals surface area contributed by atoms with Gasteiger partial charge in [-0.25, -0.2) is 0 Å². The van der Waals surface area contributed by atoms with Crippen LogP contribution >= 0.6 is 0 Å². The lowest BCUT2D eigenvalue weighted by Crippen LogP contribution is -2.28. The minimum absolute atomic E-state index is 0.588. The number of fused-ring (bicyclic) bond motifs is 2. The highest BCUT2D eigenvalue weighted by molar-refractivity contribution is 5.67. The van der Waals surface area contributed by atoms with Crippen molar-refractivity contribution in [3.05, 3.63) is 65.6 Å². The highest BCUT2D eigenvalue weighted by Crippen LogP contribution is 2.37. The van der Waals surface area contributed by atoms with Crippen LogP contribution in [0.25, 0.3) is 11.1 Å². The van der Waals surface area contributed by atoms with E-state index in [-0.39, 0.29) is 0 Å². The van der Waals surface area contributed by atoms with Crippen LogP contribution in [0, 0.1) is 0 Å². The van der Waals surface area contributed by atoms with Crippen molar-refractivity contribution in [3.8, 4) is 16.9 Å². The van der Waals surface area contributed by atoms with E-state index in [1.54, 1.807) is 13.4 Å². The van der Waals surface area contributed by atoms with Gasteiger partial charge < -0.3 is 14.1 Å². The van der Waals surface area contributed by atoms with Crippen LogP contribution in [0.1, 0.15) is 35.6 Å². The Balaban J connectivity index is 1.42. The van der Waals surface area contributed by atoms with Crippen molar-refractivity contribution in [2.24, 2.45) is 0 Å². The monoisotopic (exact) mass is 349 g/mol. The summed E-state index contributed by atoms with van der Waals surface area (Å²) in [6.07, 6.45) is 6.38. The Kier molecular flexibility index (Phi) is 4.98. The second kappa shape index (κ2) is 7.55. The van der Waals surface area contributed by atoms with Crippen molar-refractivity contribution in [1.29, 1.82) is 0 Å². The van der Waals surface area contributed by atoms with Gasteiger partial charge in [0.25, 0.3) is 0 Å². The molecule has 0 amide bonds. The maximum atomic E-state index is 5.78. The summed E-state index contributed by atoms with van der Waals surface area (Å²) in [4.78, 5) is 2.44. The molecule has 1 aromatic rings. The third-order valence-corrected chi connectivity index (χ3v) is 5.67. The quantitative estimate of drug-likeness (QED) is 0.627. The average molecular weight is 349 g/mol. The van der Waals surface area contributed by atoms with E-state index in [9.17, 15) is 0 Å². The summed E-state index contributed by atoms with van der Waals surface area (Å²) in [5.74, 6) is 2.73.